The second-order valence-corrected chi connectivity index (χ2v) is 13.2. The van der Waals surface area contributed by atoms with Crippen molar-refractivity contribution in [2.45, 2.75) is 59.1 Å². The number of rotatable bonds is 7. The van der Waals surface area contributed by atoms with Gasteiger partial charge in [-0.3, -0.25) is 0 Å². The zero-order valence-corrected chi connectivity index (χ0v) is 19.8. The molecule has 2 aromatic carbocycles. The van der Waals surface area contributed by atoms with E-state index in [-0.39, 0.29) is 16.9 Å². The summed E-state index contributed by atoms with van der Waals surface area (Å²) < 4.78 is 6.93. The molecule has 0 aliphatic rings. The van der Waals surface area contributed by atoms with Crippen molar-refractivity contribution in [3.8, 4) is 11.8 Å². The summed E-state index contributed by atoms with van der Waals surface area (Å²) in [5.74, 6) is 6.19. The third-order valence-corrected chi connectivity index (χ3v) is 10.6. The third kappa shape index (κ3) is 5.39. The van der Waals surface area contributed by atoms with Gasteiger partial charge in [-0.1, -0.05) is 101 Å². The molecule has 1 N–H and O–H groups in total. The summed E-state index contributed by atoms with van der Waals surface area (Å²) in [7, 11) is -2.57. The molecule has 156 valence electrons. The highest BCUT2D eigenvalue weighted by Gasteiger charge is 2.50. The normalized spacial score (nSPS) is 15.1. The Kier molecular flexibility index (Phi) is 8.28. The van der Waals surface area contributed by atoms with E-state index >= 15 is 0 Å². The maximum absolute atomic E-state index is 10.8. The highest BCUT2D eigenvalue weighted by molar-refractivity contribution is 6.99. The highest BCUT2D eigenvalue weighted by atomic mass is 28.4. The van der Waals surface area contributed by atoms with Gasteiger partial charge in [0.1, 0.15) is 0 Å². The number of aliphatic hydroxyl groups is 1. The molecule has 0 heterocycles. The molecule has 0 spiro atoms. The molecule has 2 nitrogen and oxygen atoms in total. The van der Waals surface area contributed by atoms with Crippen LogP contribution in [0.4, 0.5) is 0 Å². The van der Waals surface area contributed by atoms with E-state index in [1.165, 1.54) is 10.4 Å². The molecule has 2 aromatic rings. The van der Waals surface area contributed by atoms with Crippen molar-refractivity contribution < 1.29 is 9.53 Å². The fourth-order valence-corrected chi connectivity index (χ4v) is 8.63. The van der Waals surface area contributed by atoms with E-state index in [4.69, 9.17) is 4.43 Å². The first-order chi connectivity index (χ1) is 13.7. The first-order valence-electron chi connectivity index (χ1n) is 10.7. The molecule has 0 aromatic heterocycles. The number of aliphatic hydroxyl groups excluding tert-OH is 1. The van der Waals surface area contributed by atoms with Crippen LogP contribution in [0.3, 0.4) is 0 Å². The van der Waals surface area contributed by atoms with Crippen molar-refractivity contribution in [2.75, 3.05) is 6.61 Å². The Balaban J connectivity index is 2.41. The molecular formula is C26H36O2Si. The Morgan fingerprint density at radius 1 is 0.931 bits per heavy atom. The van der Waals surface area contributed by atoms with Gasteiger partial charge in [0, 0.05) is 24.9 Å². The Morgan fingerprint density at radius 3 is 1.83 bits per heavy atom. The van der Waals surface area contributed by atoms with E-state index in [1.807, 2.05) is 13.8 Å². The maximum atomic E-state index is 10.8. The zero-order valence-electron chi connectivity index (χ0n) is 18.8. The van der Waals surface area contributed by atoms with E-state index in [9.17, 15) is 5.11 Å². The van der Waals surface area contributed by atoms with Gasteiger partial charge in [0.05, 0.1) is 6.10 Å². The monoisotopic (exact) mass is 408 g/mol. The molecule has 29 heavy (non-hydrogen) atoms. The molecule has 0 fully saturated rings. The minimum absolute atomic E-state index is 0.00203. The van der Waals surface area contributed by atoms with Crippen molar-refractivity contribution in [1.82, 2.24) is 0 Å². The molecule has 2 rings (SSSR count). The van der Waals surface area contributed by atoms with Gasteiger partial charge in [-0.2, -0.15) is 0 Å². The average Bonchev–Trinajstić information content (AvgIpc) is 2.72. The lowest BCUT2D eigenvalue weighted by Gasteiger charge is -2.44. The SMILES string of the molecule is CCC#C[C@H](C)[C@@H](O)[C@H](C)CO[Si](c1ccccc1)(c1ccccc1)C(C)(C)C. The predicted octanol–water partition coefficient (Wildman–Crippen LogP) is 4.61. The first-order valence-corrected chi connectivity index (χ1v) is 12.6. The van der Waals surface area contributed by atoms with Gasteiger partial charge < -0.3 is 9.53 Å². The van der Waals surface area contributed by atoms with Crippen LogP contribution in [0.2, 0.25) is 5.04 Å². The zero-order chi connectivity index (χ0) is 21.5. The van der Waals surface area contributed by atoms with Gasteiger partial charge in [-0.05, 0) is 22.3 Å². The predicted molar refractivity (Wildman–Crippen MR) is 126 cm³/mol. The first kappa shape index (κ1) is 23.4. The van der Waals surface area contributed by atoms with Gasteiger partial charge in [0.15, 0.2) is 0 Å². The Hall–Kier alpha value is -1.86. The van der Waals surface area contributed by atoms with Gasteiger partial charge in [-0.15, -0.1) is 5.92 Å². The second kappa shape index (κ2) is 10.3. The molecular weight excluding hydrogens is 372 g/mol. The van der Waals surface area contributed by atoms with Crippen LogP contribution in [0.25, 0.3) is 0 Å². The number of hydrogen-bond acceptors (Lipinski definition) is 2. The fraction of sp³-hybridized carbons (Fsp3) is 0.462. The quantitative estimate of drug-likeness (QED) is 0.535. The van der Waals surface area contributed by atoms with Crippen LogP contribution in [-0.4, -0.2) is 26.1 Å². The van der Waals surface area contributed by atoms with Crippen molar-refractivity contribution in [3.05, 3.63) is 60.7 Å². The van der Waals surface area contributed by atoms with Crippen LogP contribution in [-0.2, 0) is 4.43 Å². The Labute approximate surface area is 178 Å². The largest absolute Gasteiger partial charge is 0.407 e. The van der Waals surface area contributed by atoms with Gasteiger partial charge >= 0.3 is 0 Å². The summed E-state index contributed by atoms with van der Waals surface area (Å²) in [4.78, 5) is 0. The molecule has 0 saturated carbocycles. The molecule has 0 aliphatic heterocycles. The lowest BCUT2D eigenvalue weighted by molar-refractivity contribution is 0.0576. The molecule has 0 aliphatic carbocycles. The third-order valence-electron chi connectivity index (χ3n) is 5.58. The second-order valence-electron chi connectivity index (χ2n) is 8.91. The summed E-state index contributed by atoms with van der Waals surface area (Å²) in [6, 6.07) is 21.3. The minimum Gasteiger partial charge on any atom is -0.407 e. The Morgan fingerprint density at radius 2 is 1.41 bits per heavy atom. The molecule has 0 radical (unpaired) electrons. The number of hydrogen-bond donors (Lipinski definition) is 1. The van der Waals surface area contributed by atoms with Crippen LogP contribution in [0.1, 0.15) is 48.0 Å². The molecule has 0 unspecified atom stereocenters. The number of benzene rings is 2. The van der Waals surface area contributed by atoms with E-state index in [0.29, 0.717) is 6.61 Å². The summed E-state index contributed by atoms with van der Waals surface area (Å²) in [6.45, 7) is 13.4. The van der Waals surface area contributed by atoms with Crippen LogP contribution < -0.4 is 10.4 Å². The van der Waals surface area contributed by atoms with Crippen LogP contribution >= 0.6 is 0 Å². The van der Waals surface area contributed by atoms with Crippen molar-refractivity contribution in [2.24, 2.45) is 11.8 Å². The van der Waals surface area contributed by atoms with E-state index in [2.05, 4.69) is 100 Å². The minimum atomic E-state index is -2.57. The summed E-state index contributed by atoms with van der Waals surface area (Å²) in [5.41, 5.74) is 0. The lowest BCUT2D eigenvalue weighted by atomic mass is 9.94. The maximum Gasteiger partial charge on any atom is 0.261 e. The summed E-state index contributed by atoms with van der Waals surface area (Å²) >= 11 is 0. The van der Waals surface area contributed by atoms with Gasteiger partial charge in [0.25, 0.3) is 8.32 Å². The van der Waals surface area contributed by atoms with E-state index in [0.717, 1.165) is 6.42 Å². The highest BCUT2D eigenvalue weighted by Crippen LogP contribution is 2.37. The van der Waals surface area contributed by atoms with E-state index in [1.54, 1.807) is 0 Å². The topological polar surface area (TPSA) is 29.5 Å². The molecule has 0 bridgehead atoms. The average molecular weight is 409 g/mol. The van der Waals surface area contributed by atoms with Crippen molar-refractivity contribution in [3.63, 3.8) is 0 Å². The summed E-state index contributed by atoms with van der Waals surface area (Å²) in [6.07, 6.45) is 0.302. The van der Waals surface area contributed by atoms with Crippen LogP contribution in [0.5, 0.6) is 0 Å². The van der Waals surface area contributed by atoms with Crippen LogP contribution in [0.15, 0.2) is 60.7 Å². The van der Waals surface area contributed by atoms with Gasteiger partial charge in [-0.25, -0.2) is 0 Å². The standard InChI is InChI=1S/C26H36O2Si/c1-7-8-15-21(2)25(27)22(3)20-28-29(26(4,5)6,23-16-11-9-12-17-23)24-18-13-10-14-19-24/h9-14,16-19,21-22,25,27H,7,20H2,1-6H3/t21-,22+,25+/m0/s1. The summed E-state index contributed by atoms with van der Waals surface area (Å²) in [5, 5.41) is 13.3. The van der Waals surface area contributed by atoms with Crippen LogP contribution in [0, 0.1) is 23.7 Å². The van der Waals surface area contributed by atoms with Crippen molar-refractivity contribution >= 4 is 18.7 Å². The van der Waals surface area contributed by atoms with Crippen molar-refractivity contribution in [1.29, 1.82) is 0 Å². The molecule has 0 saturated heterocycles. The smallest absolute Gasteiger partial charge is 0.261 e. The Bertz CT molecular complexity index is 760. The lowest BCUT2D eigenvalue weighted by Crippen LogP contribution is -2.67. The van der Waals surface area contributed by atoms with Gasteiger partial charge in [0.2, 0.25) is 0 Å². The molecule has 3 atom stereocenters. The molecule has 0 amide bonds. The van der Waals surface area contributed by atoms with E-state index < -0.39 is 14.4 Å². The fourth-order valence-electron chi connectivity index (χ4n) is 3.96. The molecule has 3 heteroatoms.